The number of nitrogens with two attached hydrogens (primary N) is 1. The summed E-state index contributed by atoms with van der Waals surface area (Å²) < 4.78 is 38.1. The zero-order valence-electron chi connectivity index (χ0n) is 10.8. The minimum absolute atomic E-state index is 0.102. The minimum atomic E-state index is -4.23. The maximum absolute atomic E-state index is 12.7. The Kier molecular flexibility index (Phi) is 4.15. The van der Waals surface area contributed by atoms with Crippen LogP contribution in [-0.2, 0) is 4.79 Å². The van der Waals surface area contributed by atoms with Gasteiger partial charge >= 0.3 is 6.18 Å². The number of nitrogens with zero attached hydrogens (tertiary/aromatic N) is 1. The largest absolute Gasteiger partial charge is 0.396 e. The van der Waals surface area contributed by atoms with Gasteiger partial charge in [0, 0.05) is 12.1 Å². The highest BCUT2D eigenvalue weighted by molar-refractivity contribution is 5.95. The molecule has 1 amide bonds. The molecule has 1 saturated carbocycles. The molecule has 0 spiro atoms. The first kappa shape index (κ1) is 14.6. The Labute approximate surface area is 114 Å². The highest BCUT2D eigenvalue weighted by Crippen LogP contribution is 2.40. The average molecular weight is 287 g/mol. The van der Waals surface area contributed by atoms with Gasteiger partial charge in [-0.05, 0) is 25.3 Å². The second kappa shape index (κ2) is 5.68. The number of alkyl halides is 3. The monoisotopic (exact) mass is 287 g/mol. The van der Waals surface area contributed by atoms with Gasteiger partial charge in [0.2, 0.25) is 5.91 Å². The van der Waals surface area contributed by atoms with Gasteiger partial charge in [0.15, 0.2) is 0 Å². The molecule has 7 heteroatoms. The van der Waals surface area contributed by atoms with E-state index in [9.17, 15) is 18.0 Å². The van der Waals surface area contributed by atoms with Crippen LogP contribution in [0.5, 0.6) is 0 Å². The van der Waals surface area contributed by atoms with E-state index in [0.29, 0.717) is 24.2 Å². The molecule has 3 N–H and O–H groups in total. The van der Waals surface area contributed by atoms with E-state index in [0.717, 1.165) is 0 Å². The quantitative estimate of drug-likeness (QED) is 0.878. The second-order valence-electron chi connectivity index (χ2n) is 5.05. The Morgan fingerprint density at radius 3 is 2.80 bits per heavy atom. The third kappa shape index (κ3) is 3.40. The number of amides is 1. The third-order valence-corrected chi connectivity index (χ3v) is 3.62. The molecule has 20 heavy (non-hydrogen) atoms. The predicted molar refractivity (Wildman–Crippen MR) is 68.8 cm³/mol. The van der Waals surface area contributed by atoms with Crippen molar-refractivity contribution in [2.75, 3.05) is 11.1 Å². The lowest BCUT2D eigenvalue weighted by atomic mass is 9.80. The van der Waals surface area contributed by atoms with E-state index in [2.05, 4.69) is 10.3 Å². The Morgan fingerprint density at radius 2 is 2.15 bits per heavy atom. The van der Waals surface area contributed by atoms with Crippen LogP contribution >= 0.6 is 0 Å². The lowest BCUT2D eigenvalue weighted by Crippen LogP contribution is -2.34. The fourth-order valence-corrected chi connectivity index (χ4v) is 2.48. The van der Waals surface area contributed by atoms with Crippen LogP contribution in [0, 0.1) is 11.8 Å². The van der Waals surface area contributed by atoms with Crippen LogP contribution < -0.4 is 11.1 Å². The van der Waals surface area contributed by atoms with Crippen molar-refractivity contribution in [1.82, 2.24) is 4.98 Å². The van der Waals surface area contributed by atoms with Gasteiger partial charge < -0.3 is 11.1 Å². The molecule has 0 aromatic carbocycles. The molecule has 2 atom stereocenters. The van der Waals surface area contributed by atoms with Crippen LogP contribution in [0.4, 0.5) is 24.5 Å². The van der Waals surface area contributed by atoms with E-state index in [1.165, 1.54) is 18.5 Å². The Hall–Kier alpha value is -1.79. The highest BCUT2D eigenvalue weighted by atomic mass is 19.4. The number of carbonyl (C=O) groups excluding carboxylic acids is 1. The first-order valence-electron chi connectivity index (χ1n) is 6.45. The van der Waals surface area contributed by atoms with E-state index >= 15 is 0 Å². The zero-order valence-corrected chi connectivity index (χ0v) is 10.8. The summed E-state index contributed by atoms with van der Waals surface area (Å²) in [6.07, 6.45) is -0.544. The molecule has 0 bridgehead atoms. The second-order valence-corrected chi connectivity index (χ2v) is 5.05. The average Bonchev–Trinajstić information content (AvgIpc) is 2.40. The first-order chi connectivity index (χ1) is 9.38. The smallest absolute Gasteiger partial charge is 0.391 e. The molecular formula is C13H16F3N3O. The van der Waals surface area contributed by atoms with Crippen LogP contribution in [-0.4, -0.2) is 17.1 Å². The molecule has 2 unspecified atom stereocenters. The van der Waals surface area contributed by atoms with Crippen molar-refractivity contribution in [1.29, 1.82) is 0 Å². The van der Waals surface area contributed by atoms with Crippen LogP contribution in [0.2, 0.25) is 0 Å². The number of pyridine rings is 1. The number of hydrogen-bond acceptors (Lipinski definition) is 3. The van der Waals surface area contributed by atoms with Crippen LogP contribution in [0.1, 0.15) is 25.7 Å². The van der Waals surface area contributed by atoms with Crippen LogP contribution in [0.15, 0.2) is 18.5 Å². The Balaban J connectivity index is 2.01. The van der Waals surface area contributed by atoms with E-state index in [1.54, 1.807) is 0 Å². The van der Waals surface area contributed by atoms with Crippen molar-refractivity contribution >= 4 is 17.3 Å². The molecule has 1 aliphatic rings. The standard InChI is InChI=1S/C13H16F3N3O/c14-13(15,16)9-3-1-2-8(6-9)12(20)19-11-4-5-18-7-10(11)17/h4-5,7-9H,1-3,6,17H2,(H,18,19,20). The molecule has 0 aliphatic heterocycles. The van der Waals surface area contributed by atoms with Crippen molar-refractivity contribution in [3.05, 3.63) is 18.5 Å². The van der Waals surface area contributed by atoms with Crippen LogP contribution in [0.3, 0.4) is 0 Å². The van der Waals surface area contributed by atoms with Gasteiger partial charge in [0.05, 0.1) is 23.5 Å². The highest BCUT2D eigenvalue weighted by Gasteiger charge is 2.43. The maximum Gasteiger partial charge on any atom is 0.391 e. The van der Waals surface area contributed by atoms with Gasteiger partial charge in [-0.15, -0.1) is 0 Å². The molecule has 1 heterocycles. The molecule has 4 nitrogen and oxygen atoms in total. The summed E-state index contributed by atoms with van der Waals surface area (Å²) in [6.45, 7) is 0. The maximum atomic E-state index is 12.7. The van der Waals surface area contributed by atoms with Gasteiger partial charge in [0.1, 0.15) is 0 Å². The van der Waals surface area contributed by atoms with Gasteiger partial charge in [-0.25, -0.2) is 0 Å². The zero-order chi connectivity index (χ0) is 14.8. The van der Waals surface area contributed by atoms with Gasteiger partial charge in [-0.1, -0.05) is 6.42 Å². The number of hydrogen-bond donors (Lipinski definition) is 2. The molecular weight excluding hydrogens is 271 g/mol. The number of nitrogens with one attached hydrogen (secondary N) is 1. The first-order valence-corrected chi connectivity index (χ1v) is 6.45. The molecule has 1 aromatic heterocycles. The summed E-state index contributed by atoms with van der Waals surface area (Å²) in [4.78, 5) is 15.8. The molecule has 1 aromatic rings. The summed E-state index contributed by atoms with van der Waals surface area (Å²) in [5, 5.41) is 2.58. The van der Waals surface area contributed by atoms with Crippen molar-refractivity contribution in [2.45, 2.75) is 31.9 Å². The molecule has 2 rings (SSSR count). The van der Waals surface area contributed by atoms with Gasteiger partial charge in [0.25, 0.3) is 0 Å². The number of nitrogen functional groups attached to an aromatic ring is 1. The summed E-state index contributed by atoms with van der Waals surface area (Å²) in [6, 6.07) is 1.53. The predicted octanol–water partition coefficient (Wildman–Crippen LogP) is 2.97. The van der Waals surface area contributed by atoms with Crippen molar-refractivity contribution in [3.8, 4) is 0 Å². The number of rotatable bonds is 2. The fraction of sp³-hybridized carbons (Fsp3) is 0.538. The van der Waals surface area contributed by atoms with Gasteiger partial charge in [-0.3, -0.25) is 9.78 Å². The van der Waals surface area contributed by atoms with E-state index in [-0.39, 0.29) is 12.8 Å². The van der Waals surface area contributed by atoms with Crippen molar-refractivity contribution < 1.29 is 18.0 Å². The summed E-state index contributed by atoms with van der Waals surface area (Å²) in [5.41, 5.74) is 6.32. The van der Waals surface area contributed by atoms with Crippen molar-refractivity contribution in [2.24, 2.45) is 11.8 Å². The molecule has 0 saturated heterocycles. The summed E-state index contributed by atoms with van der Waals surface area (Å²) in [5.74, 6) is -2.42. The summed E-state index contributed by atoms with van der Waals surface area (Å²) >= 11 is 0. The number of aromatic nitrogens is 1. The fourth-order valence-electron chi connectivity index (χ4n) is 2.48. The number of halogens is 3. The number of carbonyl (C=O) groups is 1. The molecule has 0 radical (unpaired) electrons. The Bertz CT molecular complexity index is 490. The lowest BCUT2D eigenvalue weighted by Gasteiger charge is -2.29. The Morgan fingerprint density at radius 1 is 1.40 bits per heavy atom. The topological polar surface area (TPSA) is 68.0 Å². The van der Waals surface area contributed by atoms with E-state index in [4.69, 9.17) is 5.73 Å². The number of anilines is 2. The van der Waals surface area contributed by atoms with Crippen molar-refractivity contribution in [3.63, 3.8) is 0 Å². The molecule has 110 valence electrons. The minimum Gasteiger partial charge on any atom is -0.396 e. The molecule has 1 fully saturated rings. The summed E-state index contributed by atoms with van der Waals surface area (Å²) in [7, 11) is 0. The van der Waals surface area contributed by atoms with E-state index in [1.807, 2.05) is 0 Å². The lowest BCUT2D eigenvalue weighted by molar-refractivity contribution is -0.185. The molecule has 1 aliphatic carbocycles. The van der Waals surface area contributed by atoms with E-state index < -0.39 is 23.9 Å². The van der Waals surface area contributed by atoms with Gasteiger partial charge in [-0.2, -0.15) is 13.2 Å². The SMILES string of the molecule is Nc1cnccc1NC(=O)C1CCCC(C(F)(F)F)C1. The van der Waals surface area contributed by atoms with Crippen LogP contribution in [0.25, 0.3) is 0 Å². The third-order valence-electron chi connectivity index (χ3n) is 3.62. The normalized spacial score (nSPS) is 23.4.